The van der Waals surface area contributed by atoms with Gasteiger partial charge in [-0.3, -0.25) is 4.90 Å². The van der Waals surface area contributed by atoms with Gasteiger partial charge in [-0.1, -0.05) is 0 Å². The van der Waals surface area contributed by atoms with E-state index in [1.54, 1.807) is 18.2 Å². The average molecular weight is 326 g/mol. The molecule has 0 atom stereocenters. The summed E-state index contributed by atoms with van der Waals surface area (Å²) in [7, 11) is -3.43. The van der Waals surface area contributed by atoms with Crippen molar-refractivity contribution in [3.05, 3.63) is 23.8 Å². The molecule has 1 aromatic carbocycles. The number of nitrogens with one attached hydrogen (secondary N) is 1. The van der Waals surface area contributed by atoms with Gasteiger partial charge in [-0.25, -0.2) is 13.1 Å². The SMILES string of the molecule is O=S(=O)(NCCCN1CCOCC1)c1ccc2c(c1)CCO2. The lowest BCUT2D eigenvalue weighted by Crippen LogP contribution is -2.38. The Hall–Kier alpha value is -1.15. The van der Waals surface area contributed by atoms with Gasteiger partial charge in [0.25, 0.3) is 0 Å². The molecule has 122 valence electrons. The molecule has 0 bridgehead atoms. The molecule has 0 aliphatic carbocycles. The summed E-state index contributed by atoms with van der Waals surface area (Å²) in [5.41, 5.74) is 0.969. The van der Waals surface area contributed by atoms with Crippen LogP contribution in [0.25, 0.3) is 0 Å². The average Bonchev–Trinajstić information content (AvgIpc) is 3.00. The van der Waals surface area contributed by atoms with E-state index < -0.39 is 10.0 Å². The van der Waals surface area contributed by atoms with Crippen molar-refractivity contribution in [1.82, 2.24) is 9.62 Å². The fourth-order valence-corrected chi connectivity index (χ4v) is 3.87. The summed E-state index contributed by atoms with van der Waals surface area (Å²) in [6.07, 6.45) is 1.57. The number of hydrogen-bond donors (Lipinski definition) is 1. The van der Waals surface area contributed by atoms with Crippen LogP contribution in [-0.2, 0) is 21.2 Å². The summed E-state index contributed by atoms with van der Waals surface area (Å²) in [5.74, 6) is 0.797. The number of morpholine rings is 1. The van der Waals surface area contributed by atoms with Crippen molar-refractivity contribution in [1.29, 1.82) is 0 Å². The van der Waals surface area contributed by atoms with Crippen molar-refractivity contribution >= 4 is 10.0 Å². The van der Waals surface area contributed by atoms with E-state index >= 15 is 0 Å². The highest BCUT2D eigenvalue weighted by Crippen LogP contribution is 2.27. The summed E-state index contributed by atoms with van der Waals surface area (Å²) < 4.78 is 38.0. The maximum atomic E-state index is 12.3. The lowest BCUT2D eigenvalue weighted by Gasteiger charge is -2.26. The first kappa shape index (κ1) is 15.7. The minimum absolute atomic E-state index is 0.322. The van der Waals surface area contributed by atoms with Gasteiger partial charge in [-0.15, -0.1) is 0 Å². The summed E-state index contributed by atoms with van der Waals surface area (Å²) in [6, 6.07) is 5.06. The highest BCUT2D eigenvalue weighted by atomic mass is 32.2. The Morgan fingerprint density at radius 3 is 2.82 bits per heavy atom. The molecule has 0 aromatic heterocycles. The monoisotopic (exact) mass is 326 g/mol. The number of nitrogens with zero attached hydrogens (tertiary/aromatic N) is 1. The Balaban J connectivity index is 1.50. The molecule has 1 N–H and O–H groups in total. The zero-order valence-corrected chi connectivity index (χ0v) is 13.4. The zero-order chi connectivity index (χ0) is 15.4. The molecule has 1 fully saturated rings. The lowest BCUT2D eigenvalue weighted by atomic mass is 10.2. The molecule has 6 nitrogen and oxygen atoms in total. The third kappa shape index (κ3) is 3.78. The molecule has 2 aliphatic rings. The quantitative estimate of drug-likeness (QED) is 0.776. The molecular formula is C15H22N2O4S. The number of fused-ring (bicyclic) bond motifs is 1. The molecule has 0 spiro atoms. The van der Waals surface area contributed by atoms with Crippen molar-refractivity contribution in [3.63, 3.8) is 0 Å². The molecular weight excluding hydrogens is 304 g/mol. The van der Waals surface area contributed by atoms with Gasteiger partial charge in [0.1, 0.15) is 5.75 Å². The molecule has 2 aliphatic heterocycles. The van der Waals surface area contributed by atoms with Crippen LogP contribution in [0.3, 0.4) is 0 Å². The van der Waals surface area contributed by atoms with Crippen molar-refractivity contribution in [2.75, 3.05) is 46.0 Å². The van der Waals surface area contributed by atoms with Gasteiger partial charge in [0.2, 0.25) is 10.0 Å². The molecule has 3 rings (SSSR count). The van der Waals surface area contributed by atoms with Gasteiger partial charge in [-0.2, -0.15) is 0 Å². The summed E-state index contributed by atoms with van der Waals surface area (Å²) in [4.78, 5) is 2.62. The van der Waals surface area contributed by atoms with Gasteiger partial charge in [0.05, 0.1) is 24.7 Å². The Morgan fingerprint density at radius 2 is 2.00 bits per heavy atom. The van der Waals surface area contributed by atoms with Crippen LogP contribution < -0.4 is 9.46 Å². The predicted octanol–water partition coefficient (Wildman–Crippen LogP) is 0.622. The summed E-state index contributed by atoms with van der Waals surface area (Å²) >= 11 is 0. The number of rotatable bonds is 6. The number of ether oxygens (including phenoxy) is 2. The fraction of sp³-hybridized carbons (Fsp3) is 0.600. The minimum atomic E-state index is -3.43. The van der Waals surface area contributed by atoms with Crippen LogP contribution in [-0.4, -0.2) is 59.3 Å². The van der Waals surface area contributed by atoms with Gasteiger partial charge >= 0.3 is 0 Å². The molecule has 1 aromatic rings. The van der Waals surface area contributed by atoms with E-state index in [4.69, 9.17) is 9.47 Å². The highest BCUT2D eigenvalue weighted by molar-refractivity contribution is 7.89. The van der Waals surface area contributed by atoms with Crippen LogP contribution in [0.5, 0.6) is 5.75 Å². The van der Waals surface area contributed by atoms with Crippen LogP contribution in [0, 0.1) is 0 Å². The molecule has 0 radical (unpaired) electrons. The van der Waals surface area contributed by atoms with Crippen LogP contribution in [0.15, 0.2) is 23.1 Å². The fourth-order valence-electron chi connectivity index (χ4n) is 2.75. The Morgan fingerprint density at radius 1 is 1.18 bits per heavy atom. The molecule has 0 amide bonds. The normalized spacial score (nSPS) is 18.9. The number of benzene rings is 1. The molecule has 0 unspecified atom stereocenters. The minimum Gasteiger partial charge on any atom is -0.493 e. The lowest BCUT2D eigenvalue weighted by molar-refractivity contribution is 0.0376. The largest absolute Gasteiger partial charge is 0.493 e. The van der Waals surface area contributed by atoms with E-state index in [9.17, 15) is 8.42 Å². The van der Waals surface area contributed by atoms with Crippen LogP contribution in [0.1, 0.15) is 12.0 Å². The smallest absolute Gasteiger partial charge is 0.240 e. The second kappa shape index (κ2) is 6.95. The summed E-state index contributed by atoms with van der Waals surface area (Å²) in [5, 5.41) is 0. The molecule has 22 heavy (non-hydrogen) atoms. The standard InChI is InChI=1S/C15H22N2O4S/c18-22(19,14-2-3-15-13(12-14)4-9-21-15)16-5-1-6-17-7-10-20-11-8-17/h2-3,12,16H,1,4-11H2. The highest BCUT2D eigenvalue weighted by Gasteiger charge is 2.19. The van der Waals surface area contributed by atoms with Crippen molar-refractivity contribution in [2.45, 2.75) is 17.7 Å². The third-order valence-corrected chi connectivity index (χ3v) is 5.48. The van der Waals surface area contributed by atoms with Gasteiger partial charge in [-0.05, 0) is 36.7 Å². The second-order valence-electron chi connectivity index (χ2n) is 5.57. The van der Waals surface area contributed by atoms with Crippen LogP contribution in [0.4, 0.5) is 0 Å². The van der Waals surface area contributed by atoms with Crippen molar-refractivity contribution in [3.8, 4) is 5.75 Å². The molecule has 2 heterocycles. The van der Waals surface area contributed by atoms with E-state index in [0.717, 1.165) is 57.0 Å². The first-order chi connectivity index (χ1) is 10.6. The van der Waals surface area contributed by atoms with Crippen molar-refractivity contribution in [2.24, 2.45) is 0 Å². The summed E-state index contributed by atoms with van der Waals surface area (Å²) in [6.45, 7) is 5.37. The molecule has 1 saturated heterocycles. The second-order valence-corrected chi connectivity index (χ2v) is 7.34. The van der Waals surface area contributed by atoms with E-state index in [0.29, 0.717) is 18.0 Å². The first-order valence-electron chi connectivity index (χ1n) is 7.71. The van der Waals surface area contributed by atoms with E-state index in [1.807, 2.05) is 0 Å². The van der Waals surface area contributed by atoms with Crippen LogP contribution in [0.2, 0.25) is 0 Å². The Kier molecular flexibility index (Phi) is 4.97. The van der Waals surface area contributed by atoms with E-state index in [1.165, 1.54) is 0 Å². The predicted molar refractivity (Wildman–Crippen MR) is 82.7 cm³/mol. The Labute approximate surface area is 131 Å². The third-order valence-electron chi connectivity index (χ3n) is 4.02. The maximum absolute atomic E-state index is 12.3. The van der Waals surface area contributed by atoms with Crippen molar-refractivity contribution < 1.29 is 17.9 Å². The maximum Gasteiger partial charge on any atom is 0.240 e. The molecule has 0 saturated carbocycles. The van der Waals surface area contributed by atoms with Gasteiger partial charge < -0.3 is 9.47 Å². The topological polar surface area (TPSA) is 67.9 Å². The van der Waals surface area contributed by atoms with E-state index in [2.05, 4.69) is 9.62 Å². The van der Waals surface area contributed by atoms with Crippen LogP contribution >= 0.6 is 0 Å². The van der Waals surface area contributed by atoms with E-state index in [-0.39, 0.29) is 0 Å². The first-order valence-corrected chi connectivity index (χ1v) is 9.19. The Bertz CT molecular complexity index is 612. The zero-order valence-electron chi connectivity index (χ0n) is 12.6. The number of sulfonamides is 1. The van der Waals surface area contributed by atoms with Gasteiger partial charge in [0.15, 0.2) is 0 Å². The number of hydrogen-bond acceptors (Lipinski definition) is 5. The van der Waals surface area contributed by atoms with Gasteiger partial charge in [0, 0.05) is 26.1 Å². The molecule has 7 heteroatoms.